The van der Waals surface area contributed by atoms with Gasteiger partial charge in [-0.05, 0) is 38.5 Å². The van der Waals surface area contributed by atoms with Crippen LogP contribution in [0, 0.1) is 15.9 Å². The molecule has 0 N–H and O–H groups in total. The third-order valence-corrected chi connectivity index (χ3v) is 1.99. The molecule has 1 rings (SSSR count). The van der Waals surface area contributed by atoms with E-state index in [1.165, 1.54) is 12.1 Å². The Labute approximate surface area is 109 Å². The largest absolute Gasteiger partial charge is 0.457 e. The molecule has 0 fully saturated rings. The van der Waals surface area contributed by atoms with E-state index in [-0.39, 0.29) is 0 Å². The Morgan fingerprint density at radius 3 is 2.58 bits per heavy atom. The summed E-state index contributed by atoms with van der Waals surface area (Å²) in [4.78, 5) is 21.1. The lowest BCUT2D eigenvalue weighted by atomic mass is 10.1. The quantitative estimate of drug-likeness (QED) is 0.365. The second-order valence-corrected chi connectivity index (χ2v) is 4.83. The summed E-state index contributed by atoms with van der Waals surface area (Å²) in [6, 6.07) is 3.37. The van der Waals surface area contributed by atoms with Crippen molar-refractivity contribution in [3.63, 3.8) is 0 Å². The van der Waals surface area contributed by atoms with Gasteiger partial charge in [-0.3, -0.25) is 10.1 Å². The molecular weight excluding hydrogens is 253 g/mol. The van der Waals surface area contributed by atoms with Crippen molar-refractivity contribution in [2.45, 2.75) is 26.4 Å². The number of rotatable bonds is 3. The summed E-state index contributed by atoms with van der Waals surface area (Å²) in [6.07, 6.45) is 2.47. The highest BCUT2D eigenvalue weighted by atomic mass is 19.1. The van der Waals surface area contributed by atoms with Crippen molar-refractivity contribution in [3.8, 4) is 0 Å². The van der Waals surface area contributed by atoms with E-state index in [0.717, 1.165) is 18.2 Å². The zero-order valence-corrected chi connectivity index (χ0v) is 10.8. The van der Waals surface area contributed by atoms with Crippen LogP contribution in [0.1, 0.15) is 26.3 Å². The maximum Gasteiger partial charge on any atom is 0.331 e. The lowest BCUT2D eigenvalue weighted by Crippen LogP contribution is -2.22. The second kappa shape index (κ2) is 5.60. The van der Waals surface area contributed by atoms with Crippen molar-refractivity contribution in [1.29, 1.82) is 0 Å². The number of nitro benzene ring substituents is 1. The summed E-state index contributed by atoms with van der Waals surface area (Å²) in [6.45, 7) is 5.17. The first-order valence-corrected chi connectivity index (χ1v) is 5.54. The van der Waals surface area contributed by atoms with Gasteiger partial charge in [-0.1, -0.05) is 6.07 Å². The van der Waals surface area contributed by atoms with E-state index in [0.29, 0.717) is 5.56 Å². The first-order chi connectivity index (χ1) is 8.69. The maximum atomic E-state index is 13.1. The fourth-order valence-corrected chi connectivity index (χ4v) is 1.27. The van der Waals surface area contributed by atoms with Crippen LogP contribution in [0.2, 0.25) is 0 Å². The van der Waals surface area contributed by atoms with Gasteiger partial charge in [0, 0.05) is 12.1 Å². The normalized spacial score (nSPS) is 11.6. The number of ether oxygens (including phenoxy) is 1. The average Bonchev–Trinajstić information content (AvgIpc) is 2.25. The molecule has 0 aliphatic rings. The molecule has 0 bridgehead atoms. The number of hydrogen-bond acceptors (Lipinski definition) is 4. The predicted molar refractivity (Wildman–Crippen MR) is 67.9 cm³/mol. The summed E-state index contributed by atoms with van der Waals surface area (Å²) < 4.78 is 18.1. The Morgan fingerprint density at radius 2 is 2.05 bits per heavy atom. The van der Waals surface area contributed by atoms with Crippen LogP contribution in [-0.4, -0.2) is 16.5 Å². The van der Waals surface area contributed by atoms with E-state index in [1.54, 1.807) is 20.8 Å². The van der Waals surface area contributed by atoms with Crippen LogP contribution < -0.4 is 0 Å². The molecule has 0 saturated carbocycles. The molecule has 0 amide bonds. The zero-order valence-electron chi connectivity index (χ0n) is 10.8. The molecule has 0 radical (unpaired) electrons. The zero-order chi connectivity index (χ0) is 14.6. The summed E-state index contributed by atoms with van der Waals surface area (Å²) in [5, 5.41) is 10.5. The molecule has 6 heteroatoms. The number of nitrogens with zero attached hydrogens (tertiary/aromatic N) is 1. The van der Waals surface area contributed by atoms with Crippen molar-refractivity contribution in [2.24, 2.45) is 0 Å². The number of halogens is 1. The Morgan fingerprint density at radius 1 is 1.42 bits per heavy atom. The van der Waals surface area contributed by atoms with Gasteiger partial charge < -0.3 is 4.74 Å². The molecule has 0 heterocycles. The number of hydrogen-bond donors (Lipinski definition) is 0. The molecule has 0 atom stereocenters. The molecule has 1 aromatic rings. The Kier molecular flexibility index (Phi) is 4.37. The van der Waals surface area contributed by atoms with Crippen LogP contribution in [0.15, 0.2) is 24.3 Å². The molecule has 5 nitrogen and oxygen atoms in total. The van der Waals surface area contributed by atoms with E-state index >= 15 is 0 Å². The molecule has 102 valence electrons. The van der Waals surface area contributed by atoms with E-state index in [4.69, 9.17) is 4.74 Å². The van der Waals surface area contributed by atoms with Gasteiger partial charge in [0.25, 0.3) is 0 Å². The van der Waals surface area contributed by atoms with E-state index in [1.807, 2.05) is 0 Å². The molecule has 0 saturated heterocycles. The second-order valence-electron chi connectivity index (χ2n) is 4.83. The SMILES string of the molecule is CC(C)(C)OC(=O)C=Cc1ccc(F)c([N+](=O)[O-])c1. The predicted octanol–water partition coefficient (Wildman–Crippen LogP) is 3.09. The Hall–Kier alpha value is -2.24. The molecule has 0 unspecified atom stereocenters. The Bertz CT molecular complexity index is 532. The monoisotopic (exact) mass is 267 g/mol. The molecule has 0 aliphatic heterocycles. The number of nitro groups is 1. The molecule has 0 spiro atoms. The summed E-state index contributed by atoms with van der Waals surface area (Å²) in [7, 11) is 0. The van der Waals surface area contributed by atoms with Crippen molar-refractivity contribution < 1.29 is 18.8 Å². The third kappa shape index (κ3) is 4.87. The fraction of sp³-hybridized carbons (Fsp3) is 0.308. The van der Waals surface area contributed by atoms with Crippen molar-refractivity contribution >= 4 is 17.7 Å². The maximum absolute atomic E-state index is 13.1. The molecule has 0 aromatic heterocycles. The Balaban J connectivity index is 2.86. The number of carbonyl (C=O) groups excluding carboxylic acids is 1. The van der Waals surface area contributed by atoms with Crippen LogP contribution in [0.4, 0.5) is 10.1 Å². The van der Waals surface area contributed by atoms with Crippen LogP contribution >= 0.6 is 0 Å². The van der Waals surface area contributed by atoms with Crippen LogP contribution in [0.5, 0.6) is 0 Å². The molecular formula is C13H14FNO4. The van der Waals surface area contributed by atoms with Gasteiger partial charge in [0.05, 0.1) is 4.92 Å². The van der Waals surface area contributed by atoms with Gasteiger partial charge in [-0.25, -0.2) is 4.79 Å². The van der Waals surface area contributed by atoms with Crippen molar-refractivity contribution in [3.05, 3.63) is 45.8 Å². The number of esters is 1. The van der Waals surface area contributed by atoms with Gasteiger partial charge >= 0.3 is 11.7 Å². The molecule has 19 heavy (non-hydrogen) atoms. The van der Waals surface area contributed by atoms with Gasteiger partial charge in [-0.15, -0.1) is 0 Å². The van der Waals surface area contributed by atoms with Gasteiger partial charge in [0.1, 0.15) is 5.60 Å². The highest BCUT2D eigenvalue weighted by molar-refractivity contribution is 5.87. The first kappa shape index (κ1) is 14.8. The first-order valence-electron chi connectivity index (χ1n) is 5.54. The van der Waals surface area contributed by atoms with Gasteiger partial charge in [-0.2, -0.15) is 4.39 Å². The van der Waals surface area contributed by atoms with E-state index < -0.39 is 28.0 Å². The fourth-order valence-electron chi connectivity index (χ4n) is 1.27. The van der Waals surface area contributed by atoms with Gasteiger partial charge in [0.2, 0.25) is 5.82 Å². The van der Waals surface area contributed by atoms with Crippen LogP contribution in [-0.2, 0) is 9.53 Å². The number of carbonyl (C=O) groups is 1. The van der Waals surface area contributed by atoms with Crippen molar-refractivity contribution in [2.75, 3.05) is 0 Å². The lowest BCUT2D eigenvalue weighted by molar-refractivity contribution is -0.387. The van der Waals surface area contributed by atoms with Gasteiger partial charge in [0.15, 0.2) is 0 Å². The summed E-state index contributed by atoms with van der Waals surface area (Å²) in [5.41, 5.74) is -0.902. The van der Waals surface area contributed by atoms with Crippen molar-refractivity contribution in [1.82, 2.24) is 0 Å². The minimum atomic E-state index is -0.917. The summed E-state index contributed by atoms with van der Waals surface area (Å²) in [5.74, 6) is -1.49. The highest BCUT2D eigenvalue weighted by Gasteiger charge is 2.15. The molecule has 1 aromatic carbocycles. The summed E-state index contributed by atoms with van der Waals surface area (Å²) >= 11 is 0. The third-order valence-electron chi connectivity index (χ3n) is 1.99. The standard InChI is InChI=1S/C13H14FNO4/c1-13(2,3)19-12(16)7-5-9-4-6-10(14)11(8-9)15(17)18/h4-8H,1-3H3. The number of benzene rings is 1. The molecule has 0 aliphatic carbocycles. The minimum Gasteiger partial charge on any atom is -0.457 e. The minimum absolute atomic E-state index is 0.346. The smallest absolute Gasteiger partial charge is 0.331 e. The van der Waals surface area contributed by atoms with Crippen LogP contribution in [0.3, 0.4) is 0 Å². The van der Waals surface area contributed by atoms with E-state index in [2.05, 4.69) is 0 Å². The average molecular weight is 267 g/mol. The topological polar surface area (TPSA) is 69.4 Å². The van der Waals surface area contributed by atoms with E-state index in [9.17, 15) is 19.3 Å². The highest BCUT2D eigenvalue weighted by Crippen LogP contribution is 2.19. The van der Waals surface area contributed by atoms with Crippen LogP contribution in [0.25, 0.3) is 6.08 Å². The lowest BCUT2D eigenvalue weighted by Gasteiger charge is -2.17.